The van der Waals surface area contributed by atoms with E-state index in [1.165, 1.54) is 0 Å². The molecule has 3 heteroatoms. The van der Waals surface area contributed by atoms with Gasteiger partial charge in [-0.3, -0.25) is 0 Å². The maximum absolute atomic E-state index is 10.6. The molecule has 1 N–H and O–H groups in total. The first-order valence-electron chi connectivity index (χ1n) is 9.24. The van der Waals surface area contributed by atoms with Crippen LogP contribution in [-0.4, -0.2) is 15.1 Å². The van der Waals surface area contributed by atoms with Crippen molar-refractivity contribution in [2.75, 3.05) is 0 Å². The molecule has 0 saturated heterocycles. The van der Waals surface area contributed by atoms with E-state index in [0.29, 0.717) is 6.42 Å². The Kier molecular flexibility index (Phi) is 4.46. The Bertz CT molecular complexity index is 1070. The molecule has 0 spiro atoms. The van der Waals surface area contributed by atoms with Crippen LogP contribution in [0.4, 0.5) is 0 Å². The molecular weight excluding hydrogens is 332 g/mol. The van der Waals surface area contributed by atoms with E-state index >= 15 is 0 Å². The summed E-state index contributed by atoms with van der Waals surface area (Å²) in [7, 11) is 0. The van der Waals surface area contributed by atoms with Crippen molar-refractivity contribution < 1.29 is 5.11 Å². The molecule has 1 aromatic heterocycles. The minimum Gasteiger partial charge on any atom is -0.385 e. The molecule has 134 valence electrons. The topological polar surface area (TPSA) is 46.0 Å². The molecular formula is C24H22N2O. The Balaban J connectivity index is 1.98. The molecule has 4 aromatic rings. The summed E-state index contributed by atoms with van der Waals surface area (Å²) < 4.78 is 0. The van der Waals surface area contributed by atoms with Gasteiger partial charge in [-0.05, 0) is 31.0 Å². The van der Waals surface area contributed by atoms with Crippen LogP contribution in [0, 0.1) is 0 Å². The predicted molar refractivity (Wildman–Crippen MR) is 110 cm³/mol. The summed E-state index contributed by atoms with van der Waals surface area (Å²) in [6, 6.07) is 26.1. The molecule has 0 saturated carbocycles. The van der Waals surface area contributed by atoms with E-state index in [1.807, 2.05) is 80.6 Å². The second kappa shape index (κ2) is 6.93. The molecule has 0 aliphatic rings. The summed E-state index contributed by atoms with van der Waals surface area (Å²) in [6.45, 7) is 3.81. The molecule has 4 rings (SSSR count). The first-order valence-corrected chi connectivity index (χ1v) is 9.24. The number of fused-ring (bicyclic) bond motifs is 1. The van der Waals surface area contributed by atoms with Gasteiger partial charge in [0.15, 0.2) is 0 Å². The summed E-state index contributed by atoms with van der Waals surface area (Å²) >= 11 is 0. The molecule has 1 heterocycles. The number of aromatic nitrogens is 2. The van der Waals surface area contributed by atoms with Gasteiger partial charge >= 0.3 is 0 Å². The normalized spacial score (nSPS) is 13.4. The van der Waals surface area contributed by atoms with Crippen LogP contribution in [0.25, 0.3) is 33.5 Å². The minimum atomic E-state index is -0.874. The standard InChI is InChI=1S/C24H22N2O/c1-3-24(2,27)19-14-15-20-21(16-19)26-23(18-12-8-5-9-13-18)22(25-20)17-10-6-4-7-11-17/h4-16,27H,3H2,1-2H3. The fourth-order valence-electron chi connectivity index (χ4n) is 3.19. The molecule has 0 fully saturated rings. The van der Waals surface area contributed by atoms with Gasteiger partial charge in [0.2, 0.25) is 0 Å². The third-order valence-electron chi connectivity index (χ3n) is 5.07. The van der Waals surface area contributed by atoms with Gasteiger partial charge in [-0.15, -0.1) is 0 Å². The fourth-order valence-corrected chi connectivity index (χ4v) is 3.19. The summed E-state index contributed by atoms with van der Waals surface area (Å²) in [4.78, 5) is 9.88. The highest BCUT2D eigenvalue weighted by Crippen LogP contribution is 2.32. The van der Waals surface area contributed by atoms with Crippen LogP contribution in [-0.2, 0) is 5.60 Å². The lowest BCUT2D eigenvalue weighted by molar-refractivity contribution is 0.0532. The van der Waals surface area contributed by atoms with Gasteiger partial charge in [0, 0.05) is 11.1 Å². The van der Waals surface area contributed by atoms with Crippen molar-refractivity contribution in [1.29, 1.82) is 0 Å². The number of aliphatic hydroxyl groups is 1. The highest BCUT2D eigenvalue weighted by atomic mass is 16.3. The Hall–Kier alpha value is -3.04. The van der Waals surface area contributed by atoms with Gasteiger partial charge in [0.05, 0.1) is 28.0 Å². The lowest BCUT2D eigenvalue weighted by atomic mass is 9.93. The molecule has 0 radical (unpaired) electrons. The maximum Gasteiger partial charge on any atom is 0.0973 e. The van der Waals surface area contributed by atoms with Gasteiger partial charge in [-0.1, -0.05) is 73.7 Å². The van der Waals surface area contributed by atoms with E-state index in [2.05, 4.69) is 12.1 Å². The smallest absolute Gasteiger partial charge is 0.0973 e. The molecule has 0 aliphatic heterocycles. The summed E-state index contributed by atoms with van der Waals surface area (Å²) in [6.07, 6.45) is 0.638. The summed E-state index contributed by atoms with van der Waals surface area (Å²) in [5.41, 5.74) is 5.38. The maximum atomic E-state index is 10.6. The van der Waals surface area contributed by atoms with E-state index in [0.717, 1.165) is 39.1 Å². The van der Waals surface area contributed by atoms with Gasteiger partial charge < -0.3 is 5.11 Å². The second-order valence-corrected chi connectivity index (χ2v) is 6.98. The second-order valence-electron chi connectivity index (χ2n) is 6.98. The SMILES string of the molecule is CCC(C)(O)c1ccc2nc(-c3ccccc3)c(-c3ccccc3)nc2c1. The van der Waals surface area contributed by atoms with Crippen molar-refractivity contribution in [3.63, 3.8) is 0 Å². The lowest BCUT2D eigenvalue weighted by Crippen LogP contribution is -2.19. The Morgan fingerprint density at radius 3 is 1.78 bits per heavy atom. The average Bonchev–Trinajstić information content (AvgIpc) is 2.73. The molecule has 3 nitrogen and oxygen atoms in total. The van der Waals surface area contributed by atoms with E-state index in [4.69, 9.17) is 9.97 Å². The van der Waals surface area contributed by atoms with Crippen molar-refractivity contribution in [3.8, 4) is 22.5 Å². The average molecular weight is 354 g/mol. The van der Waals surface area contributed by atoms with Gasteiger partial charge in [-0.25, -0.2) is 9.97 Å². The van der Waals surface area contributed by atoms with Crippen molar-refractivity contribution >= 4 is 11.0 Å². The highest BCUT2D eigenvalue weighted by molar-refractivity contribution is 5.86. The van der Waals surface area contributed by atoms with Crippen LogP contribution >= 0.6 is 0 Å². The van der Waals surface area contributed by atoms with E-state index in [-0.39, 0.29) is 0 Å². The molecule has 0 aliphatic carbocycles. The van der Waals surface area contributed by atoms with Crippen LogP contribution < -0.4 is 0 Å². The third-order valence-corrected chi connectivity index (χ3v) is 5.07. The van der Waals surface area contributed by atoms with Gasteiger partial charge in [0.25, 0.3) is 0 Å². The number of benzene rings is 3. The Labute approximate surface area is 159 Å². The fraction of sp³-hybridized carbons (Fsp3) is 0.167. The van der Waals surface area contributed by atoms with Crippen molar-refractivity contribution in [2.24, 2.45) is 0 Å². The quantitative estimate of drug-likeness (QED) is 0.520. The minimum absolute atomic E-state index is 0.638. The van der Waals surface area contributed by atoms with Crippen LogP contribution in [0.5, 0.6) is 0 Å². The van der Waals surface area contributed by atoms with Crippen molar-refractivity contribution in [2.45, 2.75) is 25.9 Å². The zero-order chi connectivity index (χ0) is 18.9. The highest BCUT2D eigenvalue weighted by Gasteiger charge is 2.21. The monoisotopic (exact) mass is 354 g/mol. The third kappa shape index (κ3) is 3.34. The first kappa shape index (κ1) is 17.4. The largest absolute Gasteiger partial charge is 0.385 e. The van der Waals surface area contributed by atoms with Crippen LogP contribution in [0.1, 0.15) is 25.8 Å². The first-order chi connectivity index (χ1) is 13.1. The van der Waals surface area contributed by atoms with Crippen LogP contribution in [0.15, 0.2) is 78.9 Å². The predicted octanol–water partition coefficient (Wildman–Crippen LogP) is 5.58. The van der Waals surface area contributed by atoms with E-state index in [9.17, 15) is 5.11 Å². The van der Waals surface area contributed by atoms with Crippen LogP contribution in [0.2, 0.25) is 0 Å². The number of hydrogen-bond donors (Lipinski definition) is 1. The Morgan fingerprint density at radius 2 is 1.26 bits per heavy atom. The van der Waals surface area contributed by atoms with Crippen LogP contribution in [0.3, 0.4) is 0 Å². The zero-order valence-corrected chi connectivity index (χ0v) is 15.6. The lowest BCUT2D eigenvalue weighted by Gasteiger charge is -2.22. The van der Waals surface area contributed by atoms with E-state index < -0.39 is 5.60 Å². The summed E-state index contributed by atoms with van der Waals surface area (Å²) in [5.74, 6) is 0. The molecule has 1 atom stereocenters. The van der Waals surface area contributed by atoms with Gasteiger partial charge in [0.1, 0.15) is 0 Å². The van der Waals surface area contributed by atoms with E-state index in [1.54, 1.807) is 0 Å². The number of hydrogen-bond acceptors (Lipinski definition) is 3. The molecule has 3 aromatic carbocycles. The molecule has 27 heavy (non-hydrogen) atoms. The number of rotatable bonds is 4. The molecule has 1 unspecified atom stereocenters. The van der Waals surface area contributed by atoms with Gasteiger partial charge in [-0.2, -0.15) is 0 Å². The summed E-state index contributed by atoms with van der Waals surface area (Å²) in [5, 5.41) is 10.6. The Morgan fingerprint density at radius 1 is 0.741 bits per heavy atom. The van der Waals surface area contributed by atoms with Crippen molar-refractivity contribution in [3.05, 3.63) is 84.4 Å². The van der Waals surface area contributed by atoms with Crippen molar-refractivity contribution in [1.82, 2.24) is 9.97 Å². The molecule has 0 amide bonds. The zero-order valence-electron chi connectivity index (χ0n) is 15.6. The molecule has 0 bridgehead atoms. The number of nitrogens with zero attached hydrogens (tertiary/aromatic N) is 2.